The minimum absolute atomic E-state index is 0.00803. The molecule has 4 heterocycles. The molecule has 0 radical (unpaired) electrons. The molecule has 0 unspecified atom stereocenters. The number of nitrogens with zero attached hydrogens (tertiary/aromatic N) is 5. The van der Waals surface area contributed by atoms with Crippen LogP contribution in [0.4, 0.5) is 5.69 Å². The normalized spacial score (nSPS) is 14.8. The number of aryl methyl sites for hydroxylation is 1. The molecular weight excluding hydrogens is 354 g/mol. The molecule has 1 fully saturated rings. The number of anilines is 1. The first-order valence-corrected chi connectivity index (χ1v) is 9.36. The average Bonchev–Trinajstić information content (AvgIpc) is 3.35. The molecule has 0 N–H and O–H groups in total. The van der Waals surface area contributed by atoms with Crippen LogP contribution >= 0.6 is 0 Å². The lowest BCUT2D eigenvalue weighted by Crippen LogP contribution is -2.48. The highest BCUT2D eigenvalue weighted by Gasteiger charge is 2.25. The van der Waals surface area contributed by atoms with E-state index >= 15 is 0 Å². The number of carbonyl (C=O) groups excluding carboxylic acids is 1. The number of pyridine rings is 1. The number of carbonyl (C=O) groups is 1. The molecule has 3 aromatic heterocycles. The Morgan fingerprint density at radius 1 is 1.11 bits per heavy atom. The molecule has 4 rings (SSSR count). The molecule has 0 spiro atoms. The van der Waals surface area contributed by atoms with Crippen molar-refractivity contribution in [1.29, 1.82) is 0 Å². The Kier molecular flexibility index (Phi) is 4.97. The predicted molar refractivity (Wildman–Crippen MR) is 107 cm³/mol. The molecule has 144 valence electrons. The second-order valence-corrected chi connectivity index (χ2v) is 6.78. The summed E-state index contributed by atoms with van der Waals surface area (Å²) in [4.78, 5) is 21.0. The van der Waals surface area contributed by atoms with Crippen molar-refractivity contribution in [3.05, 3.63) is 66.0 Å². The quantitative estimate of drug-likeness (QED) is 0.654. The highest BCUT2D eigenvalue weighted by Crippen LogP contribution is 2.27. The summed E-state index contributed by atoms with van der Waals surface area (Å²) in [6.45, 7) is 6.98. The van der Waals surface area contributed by atoms with Gasteiger partial charge in [0.1, 0.15) is 5.76 Å². The Hall–Kier alpha value is -3.35. The second kappa shape index (κ2) is 7.72. The van der Waals surface area contributed by atoms with Gasteiger partial charge in [0, 0.05) is 38.5 Å². The zero-order valence-corrected chi connectivity index (χ0v) is 16.1. The maximum Gasteiger partial charge on any atom is 0.246 e. The summed E-state index contributed by atoms with van der Waals surface area (Å²) < 4.78 is 7.11. The van der Waals surface area contributed by atoms with Crippen LogP contribution in [-0.2, 0) is 4.79 Å². The first kappa shape index (κ1) is 18.0. The van der Waals surface area contributed by atoms with Gasteiger partial charge in [-0.2, -0.15) is 5.10 Å². The molecule has 7 heteroatoms. The predicted octanol–water partition coefficient (Wildman–Crippen LogP) is 2.84. The van der Waals surface area contributed by atoms with E-state index in [1.807, 2.05) is 40.8 Å². The SMILES string of the molecule is Cc1nn(-c2ccccn2)c(C)c1N1CCN(C(=O)/C=C/c2ccco2)CC1. The van der Waals surface area contributed by atoms with Crippen LogP contribution in [0.5, 0.6) is 0 Å². The second-order valence-electron chi connectivity index (χ2n) is 6.78. The van der Waals surface area contributed by atoms with Gasteiger partial charge in [0.25, 0.3) is 0 Å². The molecule has 3 aromatic rings. The minimum Gasteiger partial charge on any atom is -0.465 e. The van der Waals surface area contributed by atoms with E-state index in [0.717, 1.165) is 36.0 Å². The van der Waals surface area contributed by atoms with Crippen LogP contribution in [0.15, 0.2) is 53.3 Å². The molecule has 7 nitrogen and oxygen atoms in total. The van der Waals surface area contributed by atoms with Crippen LogP contribution < -0.4 is 4.90 Å². The summed E-state index contributed by atoms with van der Waals surface area (Å²) in [6.07, 6.45) is 6.65. The van der Waals surface area contributed by atoms with Crippen LogP contribution in [0, 0.1) is 13.8 Å². The monoisotopic (exact) mass is 377 g/mol. The smallest absolute Gasteiger partial charge is 0.246 e. The number of hydrogen-bond acceptors (Lipinski definition) is 5. The Morgan fingerprint density at radius 2 is 1.93 bits per heavy atom. The van der Waals surface area contributed by atoms with E-state index in [1.165, 1.54) is 0 Å². The number of hydrogen-bond donors (Lipinski definition) is 0. The van der Waals surface area contributed by atoms with Crippen molar-refractivity contribution in [3.8, 4) is 5.82 Å². The van der Waals surface area contributed by atoms with Gasteiger partial charge in [0.15, 0.2) is 5.82 Å². The van der Waals surface area contributed by atoms with Gasteiger partial charge in [0.05, 0.1) is 23.3 Å². The molecule has 0 aliphatic carbocycles. The number of piperazine rings is 1. The Bertz CT molecular complexity index is 968. The summed E-state index contributed by atoms with van der Waals surface area (Å²) in [6, 6.07) is 9.43. The molecular formula is C21H23N5O2. The van der Waals surface area contributed by atoms with Crippen LogP contribution in [-0.4, -0.2) is 51.8 Å². The molecule has 0 saturated carbocycles. The third kappa shape index (κ3) is 3.55. The molecule has 0 aromatic carbocycles. The topological polar surface area (TPSA) is 67.4 Å². The molecule has 1 amide bonds. The van der Waals surface area contributed by atoms with Crippen LogP contribution in [0.2, 0.25) is 0 Å². The lowest BCUT2D eigenvalue weighted by molar-refractivity contribution is -0.126. The van der Waals surface area contributed by atoms with Crippen molar-refractivity contribution in [1.82, 2.24) is 19.7 Å². The highest BCUT2D eigenvalue weighted by atomic mass is 16.3. The van der Waals surface area contributed by atoms with Crippen molar-refractivity contribution in [2.45, 2.75) is 13.8 Å². The van der Waals surface area contributed by atoms with Crippen molar-refractivity contribution in [3.63, 3.8) is 0 Å². The van der Waals surface area contributed by atoms with Crippen molar-refractivity contribution < 1.29 is 9.21 Å². The van der Waals surface area contributed by atoms with E-state index in [-0.39, 0.29) is 5.91 Å². The summed E-state index contributed by atoms with van der Waals surface area (Å²) in [5.41, 5.74) is 3.17. The average molecular weight is 377 g/mol. The van der Waals surface area contributed by atoms with Gasteiger partial charge in [-0.25, -0.2) is 9.67 Å². The van der Waals surface area contributed by atoms with Gasteiger partial charge in [-0.1, -0.05) is 6.07 Å². The fourth-order valence-corrected chi connectivity index (χ4v) is 3.59. The van der Waals surface area contributed by atoms with E-state index in [9.17, 15) is 4.79 Å². The first-order chi connectivity index (χ1) is 13.6. The van der Waals surface area contributed by atoms with Gasteiger partial charge in [-0.15, -0.1) is 0 Å². The third-order valence-corrected chi connectivity index (χ3v) is 4.96. The molecule has 0 atom stereocenters. The van der Waals surface area contributed by atoms with Gasteiger partial charge < -0.3 is 14.2 Å². The van der Waals surface area contributed by atoms with E-state index < -0.39 is 0 Å². The van der Waals surface area contributed by atoms with Gasteiger partial charge >= 0.3 is 0 Å². The molecule has 28 heavy (non-hydrogen) atoms. The van der Waals surface area contributed by atoms with E-state index in [0.29, 0.717) is 18.8 Å². The first-order valence-electron chi connectivity index (χ1n) is 9.36. The Labute approximate surface area is 163 Å². The zero-order valence-electron chi connectivity index (χ0n) is 16.1. The maximum absolute atomic E-state index is 12.4. The lowest BCUT2D eigenvalue weighted by atomic mass is 10.2. The zero-order chi connectivity index (χ0) is 19.5. The molecule has 0 bridgehead atoms. The van der Waals surface area contributed by atoms with Crippen molar-refractivity contribution >= 4 is 17.7 Å². The van der Waals surface area contributed by atoms with Gasteiger partial charge in [-0.05, 0) is 44.2 Å². The van der Waals surface area contributed by atoms with Crippen LogP contribution in [0.3, 0.4) is 0 Å². The summed E-state index contributed by atoms with van der Waals surface area (Å²) in [5.74, 6) is 1.50. The van der Waals surface area contributed by atoms with Crippen molar-refractivity contribution in [2.24, 2.45) is 0 Å². The molecule has 1 aliphatic heterocycles. The fraction of sp³-hybridized carbons (Fsp3) is 0.286. The van der Waals surface area contributed by atoms with E-state index in [2.05, 4.69) is 21.9 Å². The summed E-state index contributed by atoms with van der Waals surface area (Å²) in [7, 11) is 0. The highest BCUT2D eigenvalue weighted by molar-refractivity contribution is 5.91. The van der Waals surface area contributed by atoms with Gasteiger partial charge in [-0.3, -0.25) is 4.79 Å². The van der Waals surface area contributed by atoms with Crippen LogP contribution in [0.1, 0.15) is 17.1 Å². The fourth-order valence-electron chi connectivity index (χ4n) is 3.59. The summed E-state index contributed by atoms with van der Waals surface area (Å²) >= 11 is 0. The lowest BCUT2D eigenvalue weighted by Gasteiger charge is -2.35. The third-order valence-electron chi connectivity index (χ3n) is 4.96. The van der Waals surface area contributed by atoms with E-state index in [4.69, 9.17) is 4.42 Å². The number of amides is 1. The number of furan rings is 1. The largest absolute Gasteiger partial charge is 0.465 e. The number of rotatable bonds is 4. The summed E-state index contributed by atoms with van der Waals surface area (Å²) in [5, 5.41) is 4.68. The molecule has 1 saturated heterocycles. The van der Waals surface area contributed by atoms with Crippen molar-refractivity contribution in [2.75, 3.05) is 31.1 Å². The Balaban J connectivity index is 1.44. The molecule has 1 aliphatic rings. The standard InChI is InChI=1S/C21H23N5O2/c1-16-21(17(2)26(23-16)19-7-3-4-10-22-19)25-13-11-24(12-14-25)20(27)9-8-18-6-5-15-28-18/h3-10,15H,11-14H2,1-2H3/b9-8+. The Morgan fingerprint density at radius 3 is 2.61 bits per heavy atom. The van der Waals surface area contributed by atoms with Crippen LogP contribution in [0.25, 0.3) is 11.9 Å². The maximum atomic E-state index is 12.4. The van der Waals surface area contributed by atoms with Gasteiger partial charge in [0.2, 0.25) is 5.91 Å². The number of aromatic nitrogens is 3. The van der Waals surface area contributed by atoms with E-state index in [1.54, 1.807) is 30.7 Å². The minimum atomic E-state index is 0.00803.